The van der Waals surface area contributed by atoms with Crippen LogP contribution in [0.3, 0.4) is 0 Å². The van der Waals surface area contributed by atoms with E-state index in [0.29, 0.717) is 5.69 Å². The minimum atomic E-state index is -4.33. The Labute approximate surface area is 117 Å². The number of alkyl halides is 3. The Morgan fingerprint density at radius 3 is 2.35 bits per heavy atom. The fraction of sp³-hybridized carbons (Fsp3) is 0.571. The lowest BCUT2D eigenvalue weighted by Crippen LogP contribution is -2.44. The number of piperazine rings is 1. The van der Waals surface area contributed by atoms with E-state index in [1.807, 2.05) is 11.9 Å². The quantitative estimate of drug-likeness (QED) is 0.922. The van der Waals surface area contributed by atoms with E-state index in [1.165, 1.54) is 6.07 Å². The highest BCUT2D eigenvalue weighted by molar-refractivity contribution is 5.52. The van der Waals surface area contributed by atoms with Crippen molar-refractivity contribution >= 4 is 5.69 Å². The third kappa shape index (κ3) is 3.43. The van der Waals surface area contributed by atoms with Gasteiger partial charge in [0.2, 0.25) is 0 Å². The molecule has 1 fully saturated rings. The van der Waals surface area contributed by atoms with Crippen LogP contribution >= 0.6 is 0 Å². The van der Waals surface area contributed by atoms with Crippen LogP contribution in [0, 0.1) is 0 Å². The van der Waals surface area contributed by atoms with Crippen molar-refractivity contribution in [2.45, 2.75) is 12.6 Å². The molecule has 2 N–H and O–H groups in total. The van der Waals surface area contributed by atoms with E-state index in [-0.39, 0.29) is 18.5 Å². The second kappa shape index (κ2) is 6.01. The SMILES string of the molecule is CN1CCN(c2ccc(CCN)c(C(F)(F)F)c2)CC1. The van der Waals surface area contributed by atoms with Crippen molar-refractivity contribution in [1.29, 1.82) is 0 Å². The highest BCUT2D eigenvalue weighted by atomic mass is 19.4. The first-order chi connectivity index (χ1) is 9.41. The van der Waals surface area contributed by atoms with Gasteiger partial charge >= 0.3 is 6.18 Å². The topological polar surface area (TPSA) is 32.5 Å². The van der Waals surface area contributed by atoms with Crippen molar-refractivity contribution in [2.24, 2.45) is 5.73 Å². The van der Waals surface area contributed by atoms with Gasteiger partial charge in [0.1, 0.15) is 0 Å². The molecular formula is C14H20F3N3. The van der Waals surface area contributed by atoms with Gasteiger partial charge in [0, 0.05) is 31.9 Å². The Kier molecular flexibility index (Phi) is 4.55. The summed E-state index contributed by atoms with van der Waals surface area (Å²) in [7, 11) is 2.02. The molecule has 0 aliphatic carbocycles. The van der Waals surface area contributed by atoms with Crippen molar-refractivity contribution in [1.82, 2.24) is 4.90 Å². The lowest BCUT2D eigenvalue weighted by atomic mass is 10.0. The van der Waals surface area contributed by atoms with Crippen molar-refractivity contribution in [3.63, 3.8) is 0 Å². The van der Waals surface area contributed by atoms with Crippen LogP contribution < -0.4 is 10.6 Å². The minimum Gasteiger partial charge on any atom is -0.369 e. The van der Waals surface area contributed by atoms with E-state index in [9.17, 15) is 13.2 Å². The Hall–Kier alpha value is -1.27. The first-order valence-corrected chi connectivity index (χ1v) is 6.75. The molecule has 1 aromatic rings. The maximum atomic E-state index is 13.1. The lowest BCUT2D eigenvalue weighted by Gasteiger charge is -2.34. The summed E-state index contributed by atoms with van der Waals surface area (Å²) >= 11 is 0. The van der Waals surface area contributed by atoms with Gasteiger partial charge in [0.25, 0.3) is 0 Å². The molecule has 0 amide bonds. The van der Waals surface area contributed by atoms with Gasteiger partial charge in [-0.2, -0.15) is 13.2 Å². The Balaban J connectivity index is 2.27. The van der Waals surface area contributed by atoms with Gasteiger partial charge < -0.3 is 15.5 Å². The minimum absolute atomic E-state index is 0.219. The summed E-state index contributed by atoms with van der Waals surface area (Å²) in [5, 5.41) is 0. The van der Waals surface area contributed by atoms with Gasteiger partial charge in [-0.1, -0.05) is 6.07 Å². The van der Waals surface area contributed by atoms with Gasteiger partial charge in [0.05, 0.1) is 5.56 Å². The second-order valence-corrected chi connectivity index (χ2v) is 5.17. The van der Waals surface area contributed by atoms with Gasteiger partial charge in [-0.3, -0.25) is 0 Å². The summed E-state index contributed by atoms with van der Waals surface area (Å²) in [6.07, 6.45) is -4.08. The molecule has 0 radical (unpaired) electrons. The number of rotatable bonds is 3. The van der Waals surface area contributed by atoms with E-state index in [4.69, 9.17) is 5.73 Å². The Bertz CT molecular complexity index is 451. The van der Waals surface area contributed by atoms with Crippen molar-refractivity contribution in [3.05, 3.63) is 29.3 Å². The molecule has 20 heavy (non-hydrogen) atoms. The van der Waals surface area contributed by atoms with Crippen LogP contribution in [-0.2, 0) is 12.6 Å². The van der Waals surface area contributed by atoms with E-state index in [0.717, 1.165) is 26.2 Å². The maximum Gasteiger partial charge on any atom is 0.416 e. The van der Waals surface area contributed by atoms with E-state index >= 15 is 0 Å². The van der Waals surface area contributed by atoms with E-state index in [1.54, 1.807) is 12.1 Å². The molecule has 1 aliphatic heterocycles. The summed E-state index contributed by atoms with van der Waals surface area (Å²) in [6, 6.07) is 4.59. The predicted octanol–water partition coefficient (Wildman–Crippen LogP) is 1.96. The lowest BCUT2D eigenvalue weighted by molar-refractivity contribution is -0.138. The highest BCUT2D eigenvalue weighted by Gasteiger charge is 2.33. The van der Waals surface area contributed by atoms with Crippen LogP contribution in [0.15, 0.2) is 18.2 Å². The number of anilines is 1. The molecular weight excluding hydrogens is 267 g/mol. The Morgan fingerprint density at radius 1 is 1.15 bits per heavy atom. The molecule has 0 aromatic heterocycles. The molecule has 6 heteroatoms. The third-order valence-corrected chi connectivity index (χ3v) is 3.68. The molecule has 0 atom stereocenters. The third-order valence-electron chi connectivity index (χ3n) is 3.68. The summed E-state index contributed by atoms with van der Waals surface area (Å²) in [6.45, 7) is 3.46. The maximum absolute atomic E-state index is 13.1. The molecule has 0 bridgehead atoms. The number of hydrogen-bond donors (Lipinski definition) is 1. The predicted molar refractivity (Wildman–Crippen MR) is 73.9 cm³/mol. The molecule has 112 valence electrons. The zero-order chi connectivity index (χ0) is 14.8. The van der Waals surface area contributed by atoms with Crippen LogP contribution in [0.5, 0.6) is 0 Å². The monoisotopic (exact) mass is 287 g/mol. The molecule has 1 heterocycles. The zero-order valence-electron chi connectivity index (χ0n) is 11.6. The smallest absolute Gasteiger partial charge is 0.369 e. The Morgan fingerprint density at radius 2 is 1.80 bits per heavy atom. The molecule has 2 rings (SSSR count). The number of benzene rings is 1. The van der Waals surface area contributed by atoms with Crippen molar-refractivity contribution in [2.75, 3.05) is 44.7 Å². The number of nitrogens with two attached hydrogens (primary N) is 1. The van der Waals surface area contributed by atoms with Crippen molar-refractivity contribution < 1.29 is 13.2 Å². The number of hydrogen-bond acceptors (Lipinski definition) is 3. The molecule has 1 aliphatic rings. The average Bonchev–Trinajstić information content (AvgIpc) is 2.39. The number of halogens is 3. The molecule has 0 unspecified atom stereocenters. The molecule has 0 saturated carbocycles. The zero-order valence-corrected chi connectivity index (χ0v) is 11.6. The van der Waals surface area contributed by atoms with Gasteiger partial charge in [-0.25, -0.2) is 0 Å². The van der Waals surface area contributed by atoms with Crippen molar-refractivity contribution in [3.8, 4) is 0 Å². The van der Waals surface area contributed by atoms with Gasteiger partial charge in [-0.05, 0) is 37.7 Å². The average molecular weight is 287 g/mol. The van der Waals surface area contributed by atoms with Gasteiger partial charge in [-0.15, -0.1) is 0 Å². The first-order valence-electron chi connectivity index (χ1n) is 6.75. The van der Waals surface area contributed by atoms with Gasteiger partial charge in [0.15, 0.2) is 0 Å². The standard InChI is InChI=1S/C14H20F3N3/c1-19-6-8-20(9-7-19)12-3-2-11(4-5-18)13(10-12)14(15,16)17/h2-3,10H,4-9,18H2,1H3. The summed E-state index contributed by atoms with van der Waals surface area (Å²) in [5.41, 5.74) is 5.75. The molecule has 3 nitrogen and oxygen atoms in total. The van der Waals surface area contributed by atoms with Crippen LogP contribution in [0.25, 0.3) is 0 Å². The van der Waals surface area contributed by atoms with Crippen LogP contribution in [0.1, 0.15) is 11.1 Å². The number of nitrogens with zero attached hydrogens (tertiary/aromatic N) is 2. The van der Waals surface area contributed by atoms with Crippen LogP contribution in [0.2, 0.25) is 0 Å². The second-order valence-electron chi connectivity index (χ2n) is 5.17. The molecule has 1 saturated heterocycles. The van der Waals surface area contributed by atoms with E-state index in [2.05, 4.69) is 4.90 Å². The molecule has 1 aromatic carbocycles. The fourth-order valence-electron chi connectivity index (χ4n) is 2.46. The largest absolute Gasteiger partial charge is 0.416 e. The van der Waals surface area contributed by atoms with Crippen LogP contribution in [-0.4, -0.2) is 44.7 Å². The highest BCUT2D eigenvalue weighted by Crippen LogP contribution is 2.35. The van der Waals surface area contributed by atoms with E-state index < -0.39 is 11.7 Å². The normalized spacial score (nSPS) is 17.6. The summed E-state index contributed by atoms with van der Waals surface area (Å²) < 4.78 is 39.3. The first kappa shape index (κ1) is 15.1. The summed E-state index contributed by atoms with van der Waals surface area (Å²) in [5.74, 6) is 0. The number of likely N-dealkylation sites (N-methyl/N-ethyl adjacent to an activating group) is 1. The molecule has 0 spiro atoms. The fourth-order valence-corrected chi connectivity index (χ4v) is 2.46. The summed E-state index contributed by atoms with van der Waals surface area (Å²) in [4.78, 5) is 4.17. The van der Waals surface area contributed by atoms with Crippen LogP contribution in [0.4, 0.5) is 18.9 Å².